The Morgan fingerprint density at radius 3 is 2.19 bits per heavy atom. The number of hydrogen-bond donors (Lipinski definition) is 4. The summed E-state index contributed by atoms with van der Waals surface area (Å²) in [6, 6.07) is 23.5. The van der Waals surface area contributed by atoms with Crippen molar-refractivity contribution in [2.45, 2.75) is 19.5 Å². The van der Waals surface area contributed by atoms with Crippen molar-refractivity contribution in [3.05, 3.63) is 107 Å². The Morgan fingerprint density at radius 2 is 1.58 bits per heavy atom. The fraction of sp³-hybridized carbons (Fsp3) is 0.125. The predicted molar refractivity (Wildman–Crippen MR) is 124 cm³/mol. The SMILES string of the molecule is Cc1cccc(C(=O)NC(NC(=O)Cc2ccccc2)c2ccc(C(=N)N)cc2)c1.Cl. The van der Waals surface area contributed by atoms with E-state index in [-0.39, 0.29) is 36.5 Å². The highest BCUT2D eigenvalue weighted by Gasteiger charge is 2.18. The number of hydrogen-bond acceptors (Lipinski definition) is 3. The maximum Gasteiger partial charge on any atom is 0.253 e. The first kappa shape index (κ1) is 23.6. The molecule has 5 N–H and O–H groups in total. The van der Waals surface area contributed by atoms with Gasteiger partial charge in [0.05, 0.1) is 6.42 Å². The van der Waals surface area contributed by atoms with Crippen molar-refractivity contribution in [3.63, 3.8) is 0 Å². The highest BCUT2D eigenvalue weighted by molar-refractivity contribution is 5.95. The second kappa shape index (κ2) is 10.9. The van der Waals surface area contributed by atoms with Crippen LogP contribution in [0.2, 0.25) is 0 Å². The second-order valence-electron chi connectivity index (χ2n) is 7.04. The Labute approximate surface area is 187 Å². The molecule has 0 aliphatic rings. The van der Waals surface area contributed by atoms with Crippen LogP contribution >= 0.6 is 12.4 Å². The minimum atomic E-state index is -0.727. The quantitative estimate of drug-likeness (QED) is 0.258. The summed E-state index contributed by atoms with van der Waals surface area (Å²) in [6.07, 6.45) is -0.529. The predicted octanol–water partition coefficient (Wildman–Crippen LogP) is 3.49. The largest absolute Gasteiger partial charge is 0.384 e. The van der Waals surface area contributed by atoms with Crippen LogP contribution in [0.4, 0.5) is 0 Å². The Balaban J connectivity index is 0.00000341. The van der Waals surface area contributed by atoms with Gasteiger partial charge in [-0.15, -0.1) is 12.4 Å². The van der Waals surface area contributed by atoms with Gasteiger partial charge in [0.15, 0.2) is 0 Å². The summed E-state index contributed by atoms with van der Waals surface area (Å²) in [5.41, 5.74) is 9.13. The molecule has 2 amide bonds. The minimum Gasteiger partial charge on any atom is -0.384 e. The van der Waals surface area contributed by atoms with Crippen LogP contribution in [0.5, 0.6) is 0 Å². The lowest BCUT2D eigenvalue weighted by Crippen LogP contribution is -2.41. The van der Waals surface area contributed by atoms with Crippen molar-refractivity contribution in [2.24, 2.45) is 5.73 Å². The molecule has 0 saturated carbocycles. The Kier molecular flexibility index (Phi) is 8.34. The smallest absolute Gasteiger partial charge is 0.253 e. The normalized spacial score (nSPS) is 11.0. The van der Waals surface area contributed by atoms with Gasteiger partial charge in [-0.25, -0.2) is 0 Å². The zero-order valence-corrected chi connectivity index (χ0v) is 17.9. The van der Waals surface area contributed by atoms with Crippen molar-refractivity contribution in [1.29, 1.82) is 5.41 Å². The number of nitrogen functional groups attached to an aromatic ring is 1. The third-order valence-electron chi connectivity index (χ3n) is 4.62. The van der Waals surface area contributed by atoms with E-state index in [0.717, 1.165) is 11.1 Å². The lowest BCUT2D eigenvalue weighted by Gasteiger charge is -2.21. The fourth-order valence-electron chi connectivity index (χ4n) is 3.05. The molecular formula is C24H25ClN4O2. The van der Waals surface area contributed by atoms with Gasteiger partial charge < -0.3 is 16.4 Å². The summed E-state index contributed by atoms with van der Waals surface area (Å²) in [6.45, 7) is 1.91. The maximum atomic E-state index is 12.8. The Bertz CT molecular complexity index is 1050. The topological polar surface area (TPSA) is 108 Å². The summed E-state index contributed by atoms with van der Waals surface area (Å²) in [5.74, 6) is -0.555. The maximum absolute atomic E-state index is 12.8. The molecule has 1 unspecified atom stereocenters. The number of rotatable bonds is 7. The summed E-state index contributed by atoms with van der Waals surface area (Å²) in [5, 5.41) is 13.3. The molecule has 0 heterocycles. The molecule has 0 aromatic heterocycles. The van der Waals surface area contributed by atoms with Gasteiger partial charge in [0.1, 0.15) is 12.0 Å². The average molecular weight is 437 g/mol. The highest BCUT2D eigenvalue weighted by atomic mass is 35.5. The van der Waals surface area contributed by atoms with Gasteiger partial charge in [-0.2, -0.15) is 0 Å². The molecule has 3 aromatic rings. The van der Waals surface area contributed by atoms with Crippen molar-refractivity contribution >= 4 is 30.1 Å². The zero-order chi connectivity index (χ0) is 21.5. The van der Waals surface area contributed by atoms with Crippen LogP contribution in [0.15, 0.2) is 78.9 Å². The van der Waals surface area contributed by atoms with E-state index in [0.29, 0.717) is 16.7 Å². The Hall–Kier alpha value is -3.64. The van der Waals surface area contributed by atoms with Gasteiger partial charge in [0.25, 0.3) is 5.91 Å². The van der Waals surface area contributed by atoms with Gasteiger partial charge in [-0.1, -0.05) is 72.3 Å². The number of benzene rings is 3. The summed E-state index contributed by atoms with van der Waals surface area (Å²) in [4.78, 5) is 25.4. The Morgan fingerprint density at radius 1 is 0.903 bits per heavy atom. The van der Waals surface area contributed by atoms with Crippen molar-refractivity contribution in [2.75, 3.05) is 0 Å². The molecule has 0 saturated heterocycles. The molecule has 0 radical (unpaired) electrons. The van der Waals surface area contributed by atoms with Crippen LogP contribution < -0.4 is 16.4 Å². The number of amides is 2. The lowest BCUT2D eigenvalue weighted by molar-refractivity contribution is -0.121. The molecule has 0 bridgehead atoms. The number of carbonyl (C=O) groups is 2. The van der Waals surface area contributed by atoms with E-state index in [1.54, 1.807) is 36.4 Å². The minimum absolute atomic E-state index is 0. The number of amidine groups is 1. The molecule has 1 atom stereocenters. The van der Waals surface area contributed by atoms with Crippen LogP contribution in [-0.4, -0.2) is 17.6 Å². The van der Waals surface area contributed by atoms with E-state index in [2.05, 4.69) is 10.6 Å². The highest BCUT2D eigenvalue weighted by Crippen LogP contribution is 2.14. The molecule has 160 valence electrons. The first-order valence-electron chi connectivity index (χ1n) is 9.57. The zero-order valence-electron chi connectivity index (χ0n) is 17.1. The van der Waals surface area contributed by atoms with Gasteiger partial charge in [0, 0.05) is 11.1 Å². The van der Waals surface area contributed by atoms with Gasteiger partial charge in [-0.3, -0.25) is 15.0 Å². The molecule has 3 aromatic carbocycles. The fourth-order valence-corrected chi connectivity index (χ4v) is 3.05. The van der Waals surface area contributed by atoms with Crippen molar-refractivity contribution in [3.8, 4) is 0 Å². The van der Waals surface area contributed by atoms with Crippen LogP contribution in [0.1, 0.15) is 38.8 Å². The molecule has 3 rings (SSSR count). The van der Waals surface area contributed by atoms with Crippen molar-refractivity contribution in [1.82, 2.24) is 10.6 Å². The van der Waals surface area contributed by atoms with Gasteiger partial charge in [-0.05, 0) is 30.2 Å². The third kappa shape index (κ3) is 6.69. The van der Waals surface area contributed by atoms with E-state index < -0.39 is 6.17 Å². The van der Waals surface area contributed by atoms with E-state index in [1.165, 1.54) is 0 Å². The molecular weight excluding hydrogens is 412 g/mol. The van der Waals surface area contributed by atoms with E-state index in [1.807, 2.05) is 49.4 Å². The van der Waals surface area contributed by atoms with E-state index in [9.17, 15) is 9.59 Å². The van der Waals surface area contributed by atoms with Crippen LogP contribution in [0, 0.1) is 12.3 Å². The molecule has 0 fully saturated rings. The molecule has 0 aliphatic heterocycles. The summed E-state index contributed by atoms with van der Waals surface area (Å²) in [7, 11) is 0. The second-order valence-corrected chi connectivity index (χ2v) is 7.04. The standard InChI is InChI=1S/C24H24N4O2.ClH/c1-16-6-5-9-20(14-16)24(30)28-23(19-12-10-18(11-13-19)22(25)26)27-21(29)15-17-7-3-2-4-8-17;/h2-14,23H,15H2,1H3,(H3,25,26)(H,27,29)(H,28,30);1H. The summed E-state index contributed by atoms with van der Waals surface area (Å²) >= 11 is 0. The number of nitrogens with one attached hydrogen (secondary N) is 3. The van der Waals surface area contributed by atoms with E-state index in [4.69, 9.17) is 11.1 Å². The number of carbonyl (C=O) groups excluding carboxylic acids is 2. The van der Waals surface area contributed by atoms with Crippen LogP contribution in [-0.2, 0) is 11.2 Å². The monoisotopic (exact) mass is 436 g/mol. The molecule has 6 nitrogen and oxygen atoms in total. The number of halogens is 1. The average Bonchev–Trinajstić information content (AvgIpc) is 2.74. The van der Waals surface area contributed by atoms with E-state index >= 15 is 0 Å². The number of aryl methyl sites for hydroxylation is 1. The van der Waals surface area contributed by atoms with Crippen LogP contribution in [0.3, 0.4) is 0 Å². The molecule has 0 spiro atoms. The lowest BCUT2D eigenvalue weighted by atomic mass is 10.1. The van der Waals surface area contributed by atoms with Gasteiger partial charge >= 0.3 is 0 Å². The summed E-state index contributed by atoms with van der Waals surface area (Å²) < 4.78 is 0. The third-order valence-corrected chi connectivity index (χ3v) is 4.62. The molecule has 31 heavy (non-hydrogen) atoms. The molecule has 0 aliphatic carbocycles. The van der Waals surface area contributed by atoms with Gasteiger partial charge in [0.2, 0.25) is 5.91 Å². The van der Waals surface area contributed by atoms with Crippen molar-refractivity contribution < 1.29 is 9.59 Å². The number of nitrogens with two attached hydrogens (primary N) is 1. The molecule has 7 heteroatoms. The first-order valence-corrected chi connectivity index (χ1v) is 9.57. The first-order chi connectivity index (χ1) is 14.4. The van der Waals surface area contributed by atoms with Crippen LogP contribution in [0.25, 0.3) is 0 Å².